The van der Waals surface area contributed by atoms with Gasteiger partial charge in [-0.1, -0.05) is 6.42 Å². The molecule has 1 aromatic heterocycles. The predicted molar refractivity (Wildman–Crippen MR) is 119 cm³/mol. The number of anilines is 1. The van der Waals surface area contributed by atoms with Crippen LogP contribution >= 0.6 is 0 Å². The molecule has 0 atom stereocenters. The monoisotopic (exact) mass is 463 g/mol. The van der Waals surface area contributed by atoms with Crippen molar-refractivity contribution in [3.05, 3.63) is 42.4 Å². The van der Waals surface area contributed by atoms with Crippen molar-refractivity contribution < 1.29 is 27.2 Å². The Labute approximate surface area is 188 Å². The molecule has 2 heterocycles. The zero-order chi connectivity index (χ0) is 23.0. The maximum Gasteiger partial charge on any atom is 0.286 e. The van der Waals surface area contributed by atoms with E-state index in [0.29, 0.717) is 38.3 Å². The summed E-state index contributed by atoms with van der Waals surface area (Å²) in [5.41, 5.74) is 0.383. The first kappa shape index (κ1) is 23.8. The number of ether oxygens (including phenoxy) is 1. The minimum absolute atomic E-state index is 0.0600. The highest BCUT2D eigenvalue weighted by Crippen LogP contribution is 2.31. The molecule has 2 N–H and O–H groups in total. The molecule has 0 bridgehead atoms. The number of piperidine rings is 1. The molecule has 1 aliphatic rings. The molecule has 0 saturated carbocycles. The topological polar surface area (TPSA) is 118 Å². The molecule has 0 radical (unpaired) electrons. The first-order valence-electron chi connectivity index (χ1n) is 10.8. The third-order valence-electron chi connectivity index (χ3n) is 5.07. The lowest BCUT2D eigenvalue weighted by atomic mass is 10.2. The van der Waals surface area contributed by atoms with Crippen molar-refractivity contribution in [3.8, 4) is 5.75 Å². The molecule has 3 rings (SSSR count). The molecular weight excluding hydrogens is 434 g/mol. The SMILES string of the molecule is CCOc1ccc(NC(=O)CCCNC(=O)c2ccco2)cc1S(=O)(=O)N1CCCCC1. The van der Waals surface area contributed by atoms with Gasteiger partial charge in [-0.05, 0) is 56.5 Å². The molecule has 1 aromatic carbocycles. The Morgan fingerprint density at radius 1 is 1.16 bits per heavy atom. The summed E-state index contributed by atoms with van der Waals surface area (Å²) in [6, 6.07) is 7.82. The summed E-state index contributed by atoms with van der Waals surface area (Å²) in [5, 5.41) is 5.41. The van der Waals surface area contributed by atoms with Gasteiger partial charge in [0.15, 0.2) is 5.76 Å². The largest absolute Gasteiger partial charge is 0.492 e. The Hall–Kier alpha value is -2.85. The standard InChI is InChI=1S/C22H29N3O6S/c1-2-30-18-11-10-17(16-20(18)32(28,29)25-13-4-3-5-14-25)24-21(26)9-6-12-23-22(27)19-8-7-15-31-19/h7-8,10-11,15-16H,2-6,9,12-14H2,1H3,(H,23,27)(H,24,26). The van der Waals surface area contributed by atoms with Gasteiger partial charge in [-0.3, -0.25) is 9.59 Å². The van der Waals surface area contributed by atoms with Crippen molar-refractivity contribution in [2.75, 3.05) is 31.6 Å². The maximum atomic E-state index is 13.2. The average Bonchev–Trinajstić information content (AvgIpc) is 3.33. The van der Waals surface area contributed by atoms with Crippen LogP contribution in [0.4, 0.5) is 5.69 Å². The van der Waals surface area contributed by atoms with Crippen LogP contribution in [0.2, 0.25) is 0 Å². The number of hydrogen-bond donors (Lipinski definition) is 2. The van der Waals surface area contributed by atoms with Gasteiger partial charge in [0.1, 0.15) is 10.6 Å². The van der Waals surface area contributed by atoms with Gasteiger partial charge in [0.2, 0.25) is 15.9 Å². The van der Waals surface area contributed by atoms with E-state index in [1.165, 1.54) is 16.6 Å². The Bertz CT molecular complexity index is 1010. The molecule has 1 saturated heterocycles. The molecule has 2 amide bonds. The fourth-order valence-corrected chi connectivity index (χ4v) is 5.15. The van der Waals surface area contributed by atoms with E-state index in [-0.39, 0.29) is 34.6 Å². The highest BCUT2D eigenvalue weighted by atomic mass is 32.2. The van der Waals surface area contributed by atoms with Gasteiger partial charge < -0.3 is 19.8 Å². The number of benzene rings is 1. The first-order chi connectivity index (χ1) is 15.4. The predicted octanol–water partition coefficient (Wildman–Crippen LogP) is 3.00. The Kier molecular flexibility index (Phi) is 8.29. The smallest absolute Gasteiger partial charge is 0.286 e. The van der Waals surface area contributed by atoms with Crippen molar-refractivity contribution >= 4 is 27.5 Å². The molecular formula is C22H29N3O6S. The zero-order valence-corrected chi connectivity index (χ0v) is 18.9. The highest BCUT2D eigenvalue weighted by molar-refractivity contribution is 7.89. The van der Waals surface area contributed by atoms with Crippen LogP contribution in [0.5, 0.6) is 5.75 Å². The third-order valence-corrected chi connectivity index (χ3v) is 6.99. The van der Waals surface area contributed by atoms with Crippen LogP contribution in [-0.4, -0.2) is 50.8 Å². The lowest BCUT2D eigenvalue weighted by Gasteiger charge is -2.27. The van der Waals surface area contributed by atoms with E-state index in [0.717, 1.165) is 19.3 Å². The Morgan fingerprint density at radius 2 is 1.94 bits per heavy atom. The summed E-state index contributed by atoms with van der Waals surface area (Å²) >= 11 is 0. The van der Waals surface area contributed by atoms with E-state index in [2.05, 4.69) is 10.6 Å². The maximum absolute atomic E-state index is 13.2. The van der Waals surface area contributed by atoms with E-state index in [9.17, 15) is 18.0 Å². The van der Waals surface area contributed by atoms with Crippen molar-refractivity contribution in [3.63, 3.8) is 0 Å². The molecule has 1 aliphatic heterocycles. The lowest BCUT2D eigenvalue weighted by molar-refractivity contribution is -0.116. The molecule has 0 spiro atoms. The summed E-state index contributed by atoms with van der Waals surface area (Å²) in [4.78, 5) is 24.2. The Morgan fingerprint density at radius 3 is 2.62 bits per heavy atom. The third kappa shape index (κ3) is 6.10. The van der Waals surface area contributed by atoms with Crippen molar-refractivity contribution in [2.24, 2.45) is 0 Å². The van der Waals surface area contributed by atoms with E-state index in [1.807, 2.05) is 0 Å². The van der Waals surface area contributed by atoms with Crippen molar-refractivity contribution in [1.29, 1.82) is 0 Å². The van der Waals surface area contributed by atoms with Crippen LogP contribution in [0, 0.1) is 0 Å². The molecule has 10 heteroatoms. The van der Waals surface area contributed by atoms with Crippen LogP contribution in [-0.2, 0) is 14.8 Å². The summed E-state index contributed by atoms with van der Waals surface area (Å²) in [7, 11) is -3.72. The second kappa shape index (κ2) is 11.1. The van der Waals surface area contributed by atoms with Gasteiger partial charge in [0.25, 0.3) is 5.91 Å². The van der Waals surface area contributed by atoms with E-state index < -0.39 is 10.0 Å². The number of furan rings is 1. The number of carbonyl (C=O) groups is 2. The molecule has 32 heavy (non-hydrogen) atoms. The fourth-order valence-electron chi connectivity index (χ4n) is 3.48. The van der Waals surface area contributed by atoms with E-state index in [4.69, 9.17) is 9.15 Å². The van der Waals surface area contributed by atoms with Crippen LogP contribution in [0.1, 0.15) is 49.6 Å². The number of rotatable bonds is 10. The highest BCUT2D eigenvalue weighted by Gasteiger charge is 2.29. The Balaban J connectivity index is 1.60. The number of hydrogen-bond acceptors (Lipinski definition) is 6. The van der Waals surface area contributed by atoms with Gasteiger partial charge in [0, 0.05) is 31.7 Å². The van der Waals surface area contributed by atoms with E-state index >= 15 is 0 Å². The van der Waals surface area contributed by atoms with Gasteiger partial charge in [-0.2, -0.15) is 4.31 Å². The van der Waals surface area contributed by atoms with Gasteiger partial charge in [-0.25, -0.2) is 8.42 Å². The van der Waals surface area contributed by atoms with Crippen molar-refractivity contribution in [1.82, 2.24) is 9.62 Å². The van der Waals surface area contributed by atoms with Crippen LogP contribution in [0.3, 0.4) is 0 Å². The van der Waals surface area contributed by atoms with Gasteiger partial charge in [0.05, 0.1) is 12.9 Å². The summed E-state index contributed by atoms with van der Waals surface area (Å²) in [6.07, 6.45) is 4.68. The second-order valence-electron chi connectivity index (χ2n) is 7.44. The molecule has 9 nitrogen and oxygen atoms in total. The second-order valence-corrected chi connectivity index (χ2v) is 9.35. The number of carbonyl (C=O) groups excluding carboxylic acids is 2. The molecule has 1 fully saturated rings. The first-order valence-corrected chi connectivity index (χ1v) is 12.2. The number of amides is 2. The van der Waals surface area contributed by atoms with Gasteiger partial charge in [-0.15, -0.1) is 0 Å². The molecule has 174 valence electrons. The number of nitrogens with one attached hydrogen (secondary N) is 2. The van der Waals surface area contributed by atoms with E-state index in [1.54, 1.807) is 31.2 Å². The summed E-state index contributed by atoms with van der Waals surface area (Å²) in [5.74, 6) is -0.125. The normalized spacial score (nSPS) is 14.7. The lowest BCUT2D eigenvalue weighted by Crippen LogP contribution is -2.35. The van der Waals surface area contributed by atoms with Crippen LogP contribution in [0.15, 0.2) is 45.9 Å². The average molecular weight is 464 g/mol. The minimum atomic E-state index is -3.72. The summed E-state index contributed by atoms with van der Waals surface area (Å²) < 4.78 is 38.4. The van der Waals surface area contributed by atoms with Crippen LogP contribution in [0.25, 0.3) is 0 Å². The summed E-state index contributed by atoms with van der Waals surface area (Å²) in [6.45, 7) is 3.39. The van der Waals surface area contributed by atoms with Crippen LogP contribution < -0.4 is 15.4 Å². The molecule has 0 aliphatic carbocycles. The fraction of sp³-hybridized carbons (Fsp3) is 0.455. The minimum Gasteiger partial charge on any atom is -0.492 e. The molecule has 2 aromatic rings. The van der Waals surface area contributed by atoms with Gasteiger partial charge >= 0.3 is 0 Å². The quantitative estimate of drug-likeness (QED) is 0.523. The zero-order valence-electron chi connectivity index (χ0n) is 18.1. The number of nitrogens with zero attached hydrogens (tertiary/aromatic N) is 1. The van der Waals surface area contributed by atoms with Crippen molar-refractivity contribution in [2.45, 2.75) is 43.9 Å². The molecule has 0 unspecified atom stereocenters. The number of sulfonamides is 1.